The molecule has 16 heavy (non-hydrogen) atoms. The van der Waals surface area contributed by atoms with Gasteiger partial charge in [-0.2, -0.15) is 0 Å². The molecule has 1 heterocycles. The molecule has 1 aromatic heterocycles. The molecule has 0 unspecified atom stereocenters. The van der Waals surface area contributed by atoms with Crippen LogP contribution in [0.25, 0.3) is 0 Å². The predicted molar refractivity (Wildman–Crippen MR) is 66.8 cm³/mol. The highest BCUT2D eigenvalue weighted by Crippen LogP contribution is 2.15. The van der Waals surface area contributed by atoms with Crippen LogP contribution in [-0.2, 0) is 0 Å². The largest absolute Gasteiger partial charge is 0.287 e. The van der Waals surface area contributed by atoms with Gasteiger partial charge in [0.25, 0.3) is 0 Å². The maximum absolute atomic E-state index is 13.5. The van der Waals surface area contributed by atoms with E-state index in [0.717, 1.165) is 3.57 Å². The van der Waals surface area contributed by atoms with Gasteiger partial charge in [0.05, 0.1) is 5.56 Å². The summed E-state index contributed by atoms with van der Waals surface area (Å²) in [6.07, 6.45) is 1.51. The fourth-order valence-electron chi connectivity index (χ4n) is 1.31. The predicted octanol–water partition coefficient (Wildman–Crippen LogP) is 3.06. The second kappa shape index (κ2) is 4.69. The summed E-state index contributed by atoms with van der Waals surface area (Å²) in [5.74, 6) is -0.906. The van der Waals surface area contributed by atoms with Crippen molar-refractivity contribution >= 4 is 28.4 Å². The number of halogens is 2. The molecule has 0 atom stereocenters. The van der Waals surface area contributed by atoms with Crippen molar-refractivity contribution in [3.63, 3.8) is 0 Å². The summed E-state index contributed by atoms with van der Waals surface area (Å²) in [7, 11) is 0. The number of ketones is 1. The van der Waals surface area contributed by atoms with Gasteiger partial charge in [0.2, 0.25) is 5.78 Å². The van der Waals surface area contributed by atoms with Gasteiger partial charge in [-0.05, 0) is 52.9 Å². The molecule has 0 aliphatic heterocycles. The maximum Gasteiger partial charge on any atom is 0.214 e. The monoisotopic (exact) mass is 327 g/mol. The molecule has 0 amide bonds. The SMILES string of the molecule is O=C(c1ccccn1)c1ccc(I)cc1F. The first-order valence-corrected chi connectivity index (χ1v) is 5.67. The number of pyridine rings is 1. The van der Waals surface area contributed by atoms with Gasteiger partial charge < -0.3 is 0 Å². The van der Waals surface area contributed by atoms with Gasteiger partial charge in [-0.3, -0.25) is 9.78 Å². The zero-order valence-electron chi connectivity index (χ0n) is 8.15. The lowest BCUT2D eigenvalue weighted by molar-refractivity contribution is 0.103. The molecule has 0 bridgehead atoms. The number of benzene rings is 1. The third-order valence-corrected chi connectivity index (χ3v) is 2.74. The summed E-state index contributed by atoms with van der Waals surface area (Å²) in [5, 5.41) is 0. The van der Waals surface area contributed by atoms with Crippen LogP contribution in [0.5, 0.6) is 0 Å². The average Bonchev–Trinajstić information content (AvgIpc) is 2.29. The molecule has 4 heteroatoms. The first-order valence-electron chi connectivity index (χ1n) is 4.59. The minimum atomic E-state index is -0.512. The van der Waals surface area contributed by atoms with Gasteiger partial charge in [-0.25, -0.2) is 4.39 Å². The van der Waals surface area contributed by atoms with E-state index in [4.69, 9.17) is 0 Å². The van der Waals surface area contributed by atoms with Crippen molar-refractivity contribution in [2.45, 2.75) is 0 Å². The first-order chi connectivity index (χ1) is 7.68. The number of rotatable bonds is 2. The lowest BCUT2D eigenvalue weighted by Gasteiger charge is -2.02. The molecule has 0 spiro atoms. The average molecular weight is 327 g/mol. The topological polar surface area (TPSA) is 30.0 Å². The van der Waals surface area contributed by atoms with Crippen molar-refractivity contribution in [1.29, 1.82) is 0 Å². The number of hydrogen-bond acceptors (Lipinski definition) is 2. The fraction of sp³-hybridized carbons (Fsp3) is 0. The molecular formula is C12H7FINO. The zero-order valence-corrected chi connectivity index (χ0v) is 10.3. The van der Waals surface area contributed by atoms with E-state index in [9.17, 15) is 9.18 Å². The molecule has 0 radical (unpaired) electrons. The first kappa shape index (κ1) is 11.2. The minimum Gasteiger partial charge on any atom is -0.287 e. The molecule has 80 valence electrons. The molecule has 0 aliphatic carbocycles. The standard InChI is InChI=1S/C12H7FINO/c13-10-7-8(14)4-5-9(10)12(16)11-3-1-2-6-15-11/h1-7H. The van der Waals surface area contributed by atoms with Gasteiger partial charge in [-0.1, -0.05) is 6.07 Å². The minimum absolute atomic E-state index is 0.0547. The van der Waals surface area contributed by atoms with Crippen LogP contribution in [0, 0.1) is 9.39 Å². The van der Waals surface area contributed by atoms with Crippen LogP contribution in [-0.4, -0.2) is 10.8 Å². The molecule has 0 aliphatic rings. The number of nitrogens with zero attached hydrogens (tertiary/aromatic N) is 1. The second-order valence-corrected chi connectivity index (χ2v) is 4.41. The van der Waals surface area contributed by atoms with E-state index in [0.29, 0.717) is 0 Å². The van der Waals surface area contributed by atoms with Crippen molar-refractivity contribution in [2.24, 2.45) is 0 Å². The number of aromatic nitrogens is 1. The Hall–Kier alpha value is -1.30. The number of carbonyl (C=O) groups is 1. The summed E-state index contributed by atoms with van der Waals surface area (Å²) < 4.78 is 14.3. The van der Waals surface area contributed by atoms with Gasteiger partial charge in [0, 0.05) is 9.77 Å². The van der Waals surface area contributed by atoms with Gasteiger partial charge in [0.15, 0.2) is 0 Å². The normalized spacial score (nSPS) is 10.1. The molecule has 0 N–H and O–H groups in total. The van der Waals surface area contributed by atoms with E-state index in [1.165, 1.54) is 18.3 Å². The van der Waals surface area contributed by atoms with Crippen LogP contribution in [0.15, 0.2) is 42.6 Å². The van der Waals surface area contributed by atoms with Crippen LogP contribution >= 0.6 is 22.6 Å². The number of carbonyl (C=O) groups excluding carboxylic acids is 1. The van der Waals surface area contributed by atoms with E-state index in [-0.39, 0.29) is 11.3 Å². The second-order valence-electron chi connectivity index (χ2n) is 3.17. The fourth-order valence-corrected chi connectivity index (χ4v) is 1.76. The van der Waals surface area contributed by atoms with Crippen molar-refractivity contribution in [3.05, 3.63) is 63.2 Å². The van der Waals surface area contributed by atoms with Crippen LogP contribution < -0.4 is 0 Å². The maximum atomic E-state index is 13.5. The Morgan fingerprint density at radius 3 is 2.69 bits per heavy atom. The molecule has 0 fully saturated rings. The van der Waals surface area contributed by atoms with E-state index in [1.807, 2.05) is 22.6 Å². The zero-order chi connectivity index (χ0) is 11.5. The van der Waals surface area contributed by atoms with Crippen molar-refractivity contribution < 1.29 is 9.18 Å². The highest BCUT2D eigenvalue weighted by atomic mass is 127. The summed E-state index contributed by atoms with van der Waals surface area (Å²) in [6, 6.07) is 9.48. The Labute approximate surface area is 106 Å². The van der Waals surface area contributed by atoms with Gasteiger partial charge in [-0.15, -0.1) is 0 Å². The summed E-state index contributed by atoms with van der Waals surface area (Å²) in [6.45, 7) is 0. The van der Waals surface area contributed by atoms with Crippen molar-refractivity contribution in [2.75, 3.05) is 0 Å². The van der Waals surface area contributed by atoms with Crippen LogP contribution in [0.2, 0.25) is 0 Å². The summed E-state index contributed by atoms with van der Waals surface area (Å²) in [5.41, 5.74) is 0.307. The highest BCUT2D eigenvalue weighted by molar-refractivity contribution is 14.1. The van der Waals surface area contributed by atoms with Crippen molar-refractivity contribution in [3.8, 4) is 0 Å². The molecule has 0 saturated carbocycles. The molecular weight excluding hydrogens is 320 g/mol. The lowest BCUT2D eigenvalue weighted by Crippen LogP contribution is -2.06. The van der Waals surface area contributed by atoms with Crippen molar-refractivity contribution in [1.82, 2.24) is 4.98 Å². The van der Waals surface area contributed by atoms with Crippen LogP contribution in [0.4, 0.5) is 4.39 Å². The Morgan fingerprint density at radius 2 is 2.06 bits per heavy atom. The quantitative estimate of drug-likeness (QED) is 0.627. The van der Waals surface area contributed by atoms with Gasteiger partial charge >= 0.3 is 0 Å². The van der Waals surface area contributed by atoms with E-state index in [2.05, 4.69) is 4.98 Å². The lowest BCUT2D eigenvalue weighted by atomic mass is 10.1. The van der Waals surface area contributed by atoms with Gasteiger partial charge in [0.1, 0.15) is 11.5 Å². The summed E-state index contributed by atoms with van der Waals surface area (Å²) >= 11 is 1.99. The van der Waals surface area contributed by atoms with E-state index in [1.54, 1.807) is 24.3 Å². The Bertz CT molecular complexity index is 528. The van der Waals surface area contributed by atoms with Crippen LogP contribution in [0.3, 0.4) is 0 Å². The highest BCUT2D eigenvalue weighted by Gasteiger charge is 2.14. The molecule has 0 saturated heterocycles. The molecule has 2 aromatic rings. The molecule has 2 rings (SSSR count). The third kappa shape index (κ3) is 2.27. The Balaban J connectivity index is 2.42. The molecule has 1 aromatic carbocycles. The molecule has 2 nitrogen and oxygen atoms in total. The third-order valence-electron chi connectivity index (χ3n) is 2.07. The Morgan fingerprint density at radius 1 is 1.25 bits per heavy atom. The Kier molecular flexibility index (Phi) is 3.28. The smallest absolute Gasteiger partial charge is 0.214 e. The summed E-state index contributed by atoms with van der Waals surface area (Å²) in [4.78, 5) is 15.8. The van der Waals surface area contributed by atoms with Crippen LogP contribution in [0.1, 0.15) is 16.1 Å². The number of hydrogen-bond donors (Lipinski definition) is 0. The van der Waals surface area contributed by atoms with E-state index >= 15 is 0 Å². The van der Waals surface area contributed by atoms with E-state index < -0.39 is 11.6 Å².